The van der Waals surface area contributed by atoms with Crippen LogP contribution in [0.1, 0.15) is 27.7 Å². The standard InChI is InChI=1S/C15H20O11S/c1-6(16)22-5-10-11(23-7(2)17)12(24-8(3)18)13(26-15(20)21)14(25-10)27-9(4)19/h10-14H,5H2,1-4H3,(H,20,21)/t10?,11-,12+,13?,14-/m0/s1. The van der Waals surface area contributed by atoms with Gasteiger partial charge in [-0.25, -0.2) is 4.79 Å². The number of thioether (sulfide) groups is 1. The van der Waals surface area contributed by atoms with Crippen molar-refractivity contribution >= 4 is 40.9 Å². The van der Waals surface area contributed by atoms with Crippen LogP contribution in [0, 0.1) is 0 Å². The molecule has 1 heterocycles. The molecular formula is C15H20O11S. The van der Waals surface area contributed by atoms with Gasteiger partial charge in [-0.3, -0.25) is 19.2 Å². The quantitative estimate of drug-likeness (QED) is 0.480. The summed E-state index contributed by atoms with van der Waals surface area (Å²) in [5.41, 5.74) is -1.23. The second-order valence-electron chi connectivity index (χ2n) is 5.45. The second kappa shape index (κ2) is 10.1. The molecule has 1 saturated heterocycles. The third kappa shape index (κ3) is 7.43. The Kier molecular flexibility index (Phi) is 8.50. The minimum absolute atomic E-state index is 0.389. The lowest BCUT2D eigenvalue weighted by Crippen LogP contribution is -2.61. The summed E-state index contributed by atoms with van der Waals surface area (Å²) in [4.78, 5) is 56.7. The molecule has 12 heteroatoms. The summed E-state index contributed by atoms with van der Waals surface area (Å²) in [6, 6.07) is 0. The fraction of sp³-hybridized carbons (Fsp3) is 0.667. The Balaban J connectivity index is 3.29. The lowest BCUT2D eigenvalue weighted by molar-refractivity contribution is -0.232. The van der Waals surface area contributed by atoms with E-state index in [-0.39, 0.29) is 6.61 Å². The summed E-state index contributed by atoms with van der Waals surface area (Å²) in [6.07, 6.45) is -7.08. The van der Waals surface area contributed by atoms with Gasteiger partial charge in [0.2, 0.25) is 0 Å². The Morgan fingerprint density at radius 2 is 1.41 bits per heavy atom. The van der Waals surface area contributed by atoms with Gasteiger partial charge in [-0.15, -0.1) is 0 Å². The van der Waals surface area contributed by atoms with E-state index in [9.17, 15) is 24.0 Å². The summed E-state index contributed by atoms with van der Waals surface area (Å²) < 4.78 is 25.4. The summed E-state index contributed by atoms with van der Waals surface area (Å²) in [5, 5.41) is 8.56. The molecule has 11 nitrogen and oxygen atoms in total. The molecular weight excluding hydrogens is 388 g/mol. The van der Waals surface area contributed by atoms with Crippen LogP contribution in [0.3, 0.4) is 0 Å². The predicted molar refractivity (Wildman–Crippen MR) is 87.6 cm³/mol. The van der Waals surface area contributed by atoms with Gasteiger partial charge in [-0.2, -0.15) is 0 Å². The molecule has 0 aromatic rings. The highest BCUT2D eigenvalue weighted by atomic mass is 32.2. The fourth-order valence-corrected chi connectivity index (χ4v) is 3.24. The number of hydrogen-bond donors (Lipinski definition) is 1. The number of carbonyl (C=O) groups excluding carboxylic acids is 4. The van der Waals surface area contributed by atoms with Crippen molar-refractivity contribution in [3.05, 3.63) is 0 Å². The first-order valence-corrected chi connectivity index (χ1v) is 8.59. The van der Waals surface area contributed by atoms with Crippen molar-refractivity contribution in [1.29, 1.82) is 0 Å². The van der Waals surface area contributed by atoms with E-state index in [4.69, 9.17) is 28.8 Å². The van der Waals surface area contributed by atoms with E-state index in [1.54, 1.807) is 0 Å². The molecule has 0 spiro atoms. The van der Waals surface area contributed by atoms with E-state index in [2.05, 4.69) is 0 Å². The van der Waals surface area contributed by atoms with Gasteiger partial charge in [0, 0.05) is 27.7 Å². The normalized spacial score (nSPS) is 27.2. The minimum atomic E-state index is -1.71. The van der Waals surface area contributed by atoms with Gasteiger partial charge in [0.05, 0.1) is 0 Å². The van der Waals surface area contributed by atoms with Crippen LogP contribution >= 0.6 is 11.8 Å². The average Bonchev–Trinajstić information content (AvgIpc) is 2.49. The van der Waals surface area contributed by atoms with Crippen LogP contribution in [0.2, 0.25) is 0 Å². The molecule has 0 aliphatic carbocycles. The number of esters is 3. The van der Waals surface area contributed by atoms with Crippen molar-refractivity contribution in [3.8, 4) is 0 Å². The maximum atomic E-state index is 11.5. The maximum Gasteiger partial charge on any atom is 0.506 e. The fourth-order valence-electron chi connectivity index (χ4n) is 2.37. The first-order valence-electron chi connectivity index (χ1n) is 7.71. The maximum absolute atomic E-state index is 11.5. The molecule has 1 fully saturated rings. The van der Waals surface area contributed by atoms with Crippen LogP contribution in [0.5, 0.6) is 0 Å². The Morgan fingerprint density at radius 1 is 0.852 bits per heavy atom. The van der Waals surface area contributed by atoms with E-state index in [0.717, 1.165) is 20.8 Å². The first-order chi connectivity index (χ1) is 12.5. The van der Waals surface area contributed by atoms with Gasteiger partial charge in [-0.1, -0.05) is 11.8 Å². The first kappa shape index (κ1) is 22.7. The SMILES string of the molecule is CC(=O)OCC1O[C@@H](SC(C)=O)C(OC(=O)O)[C@H](OC(C)=O)[C@H]1OC(C)=O. The molecule has 2 unspecified atom stereocenters. The summed E-state index contributed by atoms with van der Waals surface area (Å²) in [6.45, 7) is 4.11. The van der Waals surface area contributed by atoms with E-state index in [1.807, 2.05) is 0 Å². The summed E-state index contributed by atoms with van der Waals surface area (Å²) in [5.74, 6) is -2.24. The Labute approximate surface area is 158 Å². The molecule has 0 amide bonds. The topological polar surface area (TPSA) is 152 Å². The van der Waals surface area contributed by atoms with Gasteiger partial charge in [0.15, 0.2) is 28.9 Å². The lowest BCUT2D eigenvalue weighted by atomic mass is 9.99. The molecule has 0 aromatic carbocycles. The smallest absolute Gasteiger partial charge is 0.463 e. The van der Waals surface area contributed by atoms with Gasteiger partial charge in [0.1, 0.15) is 12.7 Å². The molecule has 152 valence electrons. The second-order valence-corrected chi connectivity index (χ2v) is 6.73. The van der Waals surface area contributed by atoms with Crippen molar-refractivity contribution in [2.75, 3.05) is 6.61 Å². The van der Waals surface area contributed by atoms with Crippen LogP contribution in [0.4, 0.5) is 4.79 Å². The van der Waals surface area contributed by atoms with Crippen molar-refractivity contribution < 1.29 is 52.8 Å². The third-order valence-corrected chi connectivity index (χ3v) is 4.11. The molecule has 27 heavy (non-hydrogen) atoms. The van der Waals surface area contributed by atoms with Crippen LogP contribution in [-0.4, -0.2) is 70.7 Å². The Hall–Kier alpha value is -2.34. The zero-order chi connectivity index (χ0) is 20.7. The zero-order valence-corrected chi connectivity index (χ0v) is 15.8. The van der Waals surface area contributed by atoms with E-state index in [1.165, 1.54) is 6.92 Å². The molecule has 1 rings (SSSR count). The molecule has 5 atom stereocenters. The number of hydrogen-bond acceptors (Lipinski definition) is 11. The van der Waals surface area contributed by atoms with Crippen LogP contribution in [0.25, 0.3) is 0 Å². The highest BCUT2D eigenvalue weighted by Gasteiger charge is 2.53. The van der Waals surface area contributed by atoms with Crippen molar-refractivity contribution in [2.24, 2.45) is 0 Å². The van der Waals surface area contributed by atoms with Gasteiger partial charge >= 0.3 is 24.1 Å². The molecule has 0 radical (unpaired) electrons. The van der Waals surface area contributed by atoms with Crippen LogP contribution < -0.4 is 0 Å². The number of ether oxygens (including phenoxy) is 5. The molecule has 1 N–H and O–H groups in total. The summed E-state index contributed by atoms with van der Waals surface area (Å²) >= 11 is 0.594. The van der Waals surface area contributed by atoms with E-state index in [0.29, 0.717) is 11.8 Å². The average molecular weight is 408 g/mol. The zero-order valence-electron chi connectivity index (χ0n) is 15.0. The van der Waals surface area contributed by atoms with E-state index >= 15 is 0 Å². The van der Waals surface area contributed by atoms with Crippen molar-refractivity contribution in [3.63, 3.8) is 0 Å². The highest BCUT2D eigenvalue weighted by molar-refractivity contribution is 8.14. The van der Waals surface area contributed by atoms with Gasteiger partial charge in [-0.05, 0) is 0 Å². The minimum Gasteiger partial charge on any atom is -0.463 e. The summed E-state index contributed by atoms with van der Waals surface area (Å²) in [7, 11) is 0. The van der Waals surface area contributed by atoms with Gasteiger partial charge < -0.3 is 28.8 Å². The monoisotopic (exact) mass is 408 g/mol. The van der Waals surface area contributed by atoms with Crippen LogP contribution in [0.15, 0.2) is 0 Å². The third-order valence-electron chi connectivity index (χ3n) is 3.17. The van der Waals surface area contributed by atoms with Gasteiger partial charge in [0.25, 0.3) is 0 Å². The Bertz CT molecular complexity index is 605. The molecule has 0 bridgehead atoms. The van der Waals surface area contributed by atoms with Crippen molar-refractivity contribution in [2.45, 2.75) is 57.5 Å². The Morgan fingerprint density at radius 3 is 1.85 bits per heavy atom. The molecule has 1 aliphatic heterocycles. The van der Waals surface area contributed by atoms with Crippen molar-refractivity contribution in [1.82, 2.24) is 0 Å². The number of carbonyl (C=O) groups is 5. The number of rotatable bonds is 6. The van der Waals surface area contributed by atoms with E-state index < -0.39 is 59.0 Å². The lowest BCUT2D eigenvalue weighted by Gasteiger charge is -2.43. The molecule has 1 aliphatic rings. The van der Waals surface area contributed by atoms with Crippen LogP contribution in [-0.2, 0) is 42.9 Å². The predicted octanol–water partition coefficient (Wildman–Crippen LogP) is 0.481. The number of carboxylic acid groups (broad SMARTS) is 1. The molecule has 0 aromatic heterocycles. The largest absolute Gasteiger partial charge is 0.506 e. The molecule has 0 saturated carbocycles. The highest BCUT2D eigenvalue weighted by Crippen LogP contribution is 2.34.